The Balaban J connectivity index is 2.44. The maximum absolute atomic E-state index is 13.3. The van der Waals surface area contributed by atoms with Crippen molar-refractivity contribution in [3.05, 3.63) is 23.5 Å². The lowest BCUT2D eigenvalue weighted by atomic mass is 10.1. The van der Waals surface area contributed by atoms with Crippen molar-refractivity contribution in [2.45, 2.75) is 18.9 Å². The number of ether oxygens (including phenoxy) is 2. The summed E-state index contributed by atoms with van der Waals surface area (Å²) in [6.07, 6.45) is 1.98. The van der Waals surface area contributed by atoms with E-state index in [0.717, 1.165) is 18.9 Å². The largest absolute Gasteiger partial charge is 0.493 e. The molecule has 4 nitrogen and oxygen atoms in total. The smallest absolute Gasteiger partial charge is 0.180 e. The Morgan fingerprint density at radius 2 is 2.24 bits per heavy atom. The van der Waals surface area contributed by atoms with Gasteiger partial charge in [-0.3, -0.25) is 4.79 Å². The number of hydrogen-bond acceptors (Lipinski definition) is 4. The van der Waals surface area contributed by atoms with Gasteiger partial charge in [0.15, 0.2) is 17.3 Å². The predicted molar refractivity (Wildman–Crippen MR) is 60.0 cm³/mol. The summed E-state index contributed by atoms with van der Waals surface area (Å²) in [5.74, 6) is -0.374. The third kappa shape index (κ3) is 2.55. The maximum atomic E-state index is 13.3. The second-order valence-electron chi connectivity index (χ2n) is 3.93. The van der Waals surface area contributed by atoms with E-state index in [0.29, 0.717) is 5.75 Å². The van der Waals surface area contributed by atoms with E-state index >= 15 is 0 Å². The zero-order chi connectivity index (χ0) is 12.4. The number of methoxy groups -OCH3 is 1. The highest BCUT2D eigenvalue weighted by Gasteiger charge is 2.28. The van der Waals surface area contributed by atoms with Gasteiger partial charge in [-0.25, -0.2) is 4.39 Å². The lowest BCUT2D eigenvalue weighted by Gasteiger charge is -2.14. The molecule has 1 aromatic rings. The van der Waals surface area contributed by atoms with Crippen LogP contribution in [0.15, 0.2) is 12.1 Å². The van der Waals surface area contributed by atoms with Crippen molar-refractivity contribution in [1.82, 2.24) is 0 Å². The SMILES string of the molecule is COc1cc(F)cc(C(=O)CN)c1OC1CC1. The Kier molecular flexibility index (Phi) is 3.28. The third-order valence-electron chi connectivity index (χ3n) is 2.53. The molecule has 0 saturated heterocycles. The number of carbonyl (C=O) groups excluding carboxylic acids is 1. The van der Waals surface area contributed by atoms with Crippen LogP contribution in [0.4, 0.5) is 4.39 Å². The Bertz CT molecular complexity index is 444. The van der Waals surface area contributed by atoms with Gasteiger partial charge in [0.2, 0.25) is 0 Å². The monoisotopic (exact) mass is 239 g/mol. The number of benzene rings is 1. The van der Waals surface area contributed by atoms with E-state index in [1.807, 2.05) is 0 Å². The summed E-state index contributed by atoms with van der Waals surface area (Å²) >= 11 is 0. The lowest BCUT2D eigenvalue weighted by Crippen LogP contribution is -2.16. The Hall–Kier alpha value is -1.62. The molecule has 0 heterocycles. The molecule has 1 aliphatic carbocycles. The van der Waals surface area contributed by atoms with Crippen molar-refractivity contribution in [1.29, 1.82) is 0 Å². The van der Waals surface area contributed by atoms with Crippen LogP contribution in [0.2, 0.25) is 0 Å². The Morgan fingerprint density at radius 3 is 2.76 bits per heavy atom. The normalized spacial score (nSPS) is 14.5. The van der Waals surface area contributed by atoms with Crippen LogP contribution in [0.25, 0.3) is 0 Å². The van der Waals surface area contributed by atoms with Gasteiger partial charge in [-0.05, 0) is 18.9 Å². The highest BCUT2D eigenvalue weighted by Crippen LogP contribution is 2.37. The van der Waals surface area contributed by atoms with Crippen LogP contribution in [-0.4, -0.2) is 25.5 Å². The lowest BCUT2D eigenvalue weighted by molar-refractivity contribution is 0.0995. The molecule has 0 radical (unpaired) electrons. The van der Waals surface area contributed by atoms with E-state index in [1.165, 1.54) is 13.2 Å². The molecular formula is C12H14FNO3. The number of carbonyl (C=O) groups is 1. The zero-order valence-corrected chi connectivity index (χ0v) is 9.53. The first-order valence-electron chi connectivity index (χ1n) is 5.43. The van der Waals surface area contributed by atoms with Crippen molar-refractivity contribution < 1.29 is 18.7 Å². The summed E-state index contributed by atoms with van der Waals surface area (Å²) < 4.78 is 23.9. The quantitative estimate of drug-likeness (QED) is 0.791. The van der Waals surface area contributed by atoms with Crippen LogP contribution in [0.1, 0.15) is 23.2 Å². The summed E-state index contributed by atoms with van der Waals surface area (Å²) in [4.78, 5) is 11.6. The van der Waals surface area contributed by atoms with Gasteiger partial charge in [0.05, 0.1) is 25.3 Å². The van der Waals surface area contributed by atoms with Gasteiger partial charge in [0.1, 0.15) is 5.82 Å². The molecule has 1 saturated carbocycles. The molecule has 92 valence electrons. The fraction of sp³-hybridized carbons (Fsp3) is 0.417. The van der Waals surface area contributed by atoms with Crippen molar-refractivity contribution in [3.63, 3.8) is 0 Å². The van der Waals surface area contributed by atoms with Crippen molar-refractivity contribution in [3.8, 4) is 11.5 Å². The molecule has 0 spiro atoms. The van der Waals surface area contributed by atoms with Gasteiger partial charge in [-0.15, -0.1) is 0 Å². The molecule has 1 aliphatic rings. The minimum atomic E-state index is -0.540. The van der Waals surface area contributed by atoms with E-state index in [-0.39, 0.29) is 29.7 Å². The average molecular weight is 239 g/mol. The highest BCUT2D eigenvalue weighted by molar-refractivity contribution is 6.00. The number of rotatable bonds is 5. The molecule has 2 rings (SSSR count). The molecule has 0 aromatic heterocycles. The first-order chi connectivity index (χ1) is 8.15. The topological polar surface area (TPSA) is 61.5 Å². The van der Waals surface area contributed by atoms with Crippen LogP contribution in [0.5, 0.6) is 11.5 Å². The summed E-state index contributed by atoms with van der Waals surface area (Å²) in [6, 6.07) is 2.33. The second kappa shape index (κ2) is 4.71. The average Bonchev–Trinajstić information content (AvgIpc) is 3.13. The minimum Gasteiger partial charge on any atom is -0.493 e. The van der Waals surface area contributed by atoms with Crippen molar-refractivity contribution in [2.24, 2.45) is 5.73 Å². The summed E-state index contributed by atoms with van der Waals surface area (Å²) in [7, 11) is 1.41. The minimum absolute atomic E-state index is 0.0960. The van der Waals surface area contributed by atoms with Gasteiger partial charge in [-0.1, -0.05) is 0 Å². The van der Waals surface area contributed by atoms with E-state index in [4.69, 9.17) is 15.2 Å². The molecule has 17 heavy (non-hydrogen) atoms. The number of halogens is 1. The number of hydrogen-bond donors (Lipinski definition) is 1. The van der Waals surface area contributed by atoms with Gasteiger partial charge in [0.25, 0.3) is 0 Å². The second-order valence-corrected chi connectivity index (χ2v) is 3.93. The maximum Gasteiger partial charge on any atom is 0.180 e. The van der Waals surface area contributed by atoms with E-state index in [9.17, 15) is 9.18 Å². The van der Waals surface area contributed by atoms with Crippen molar-refractivity contribution in [2.75, 3.05) is 13.7 Å². The summed E-state index contributed by atoms with van der Waals surface area (Å²) in [5.41, 5.74) is 5.44. The van der Waals surface area contributed by atoms with E-state index in [2.05, 4.69) is 0 Å². The molecule has 0 aliphatic heterocycles. The highest BCUT2D eigenvalue weighted by atomic mass is 19.1. The predicted octanol–water partition coefficient (Wildman–Crippen LogP) is 1.52. The first kappa shape index (κ1) is 11.9. The van der Waals surface area contributed by atoms with Gasteiger partial charge in [0, 0.05) is 6.07 Å². The van der Waals surface area contributed by atoms with Crippen molar-refractivity contribution >= 4 is 5.78 Å². The fourth-order valence-electron chi connectivity index (χ4n) is 1.51. The summed E-state index contributed by atoms with van der Waals surface area (Å²) in [6.45, 7) is -0.187. The van der Waals surface area contributed by atoms with Crippen LogP contribution in [0.3, 0.4) is 0 Å². The van der Waals surface area contributed by atoms with Crippen LogP contribution >= 0.6 is 0 Å². The van der Waals surface area contributed by atoms with E-state index < -0.39 is 5.82 Å². The number of nitrogens with two attached hydrogens (primary N) is 1. The molecule has 5 heteroatoms. The van der Waals surface area contributed by atoms with Gasteiger partial charge < -0.3 is 15.2 Å². The molecule has 1 fully saturated rings. The number of Topliss-reactive ketones (excluding diaryl/α,β-unsaturated/α-hetero) is 1. The molecule has 2 N–H and O–H groups in total. The van der Waals surface area contributed by atoms with Crippen LogP contribution in [0, 0.1) is 5.82 Å². The zero-order valence-electron chi connectivity index (χ0n) is 9.53. The van der Waals surface area contributed by atoms with Crippen LogP contribution in [-0.2, 0) is 0 Å². The van der Waals surface area contributed by atoms with Crippen LogP contribution < -0.4 is 15.2 Å². The Morgan fingerprint density at radius 1 is 1.53 bits per heavy atom. The van der Waals surface area contributed by atoms with Gasteiger partial charge >= 0.3 is 0 Å². The fourth-order valence-corrected chi connectivity index (χ4v) is 1.51. The molecular weight excluding hydrogens is 225 g/mol. The third-order valence-corrected chi connectivity index (χ3v) is 2.53. The molecule has 0 bridgehead atoms. The number of ketones is 1. The molecule has 1 aromatic carbocycles. The summed E-state index contributed by atoms with van der Waals surface area (Å²) in [5, 5.41) is 0. The first-order valence-corrected chi connectivity index (χ1v) is 5.43. The molecule has 0 unspecified atom stereocenters. The Labute approximate surface area is 98.5 Å². The van der Waals surface area contributed by atoms with E-state index in [1.54, 1.807) is 0 Å². The molecule has 0 atom stereocenters. The standard InChI is InChI=1S/C12H14FNO3/c1-16-11-5-7(13)4-9(10(15)6-14)12(11)17-8-2-3-8/h4-5,8H,2-3,6,14H2,1H3. The molecule has 0 amide bonds. The van der Waals surface area contributed by atoms with Gasteiger partial charge in [-0.2, -0.15) is 0 Å².